The number of nitrogens with zero attached hydrogens (tertiary/aromatic N) is 2. The molecule has 1 aromatic heterocycles. The highest BCUT2D eigenvalue weighted by Gasteiger charge is 2.13. The Morgan fingerprint density at radius 2 is 1.72 bits per heavy atom. The number of aromatic nitrogens is 1. The summed E-state index contributed by atoms with van der Waals surface area (Å²) in [6.45, 7) is 6.18. The van der Waals surface area contributed by atoms with Crippen molar-refractivity contribution in [1.29, 1.82) is 0 Å². The minimum atomic E-state index is -0.138. The van der Waals surface area contributed by atoms with Crippen molar-refractivity contribution in [3.63, 3.8) is 0 Å². The van der Waals surface area contributed by atoms with Crippen LogP contribution in [0.25, 0.3) is 11.1 Å². The van der Waals surface area contributed by atoms with Gasteiger partial charge in [0.25, 0.3) is 5.91 Å². The molecule has 0 radical (unpaired) electrons. The Labute approximate surface area is 190 Å². The van der Waals surface area contributed by atoms with E-state index in [1.165, 1.54) is 25.7 Å². The van der Waals surface area contributed by atoms with Gasteiger partial charge in [-0.2, -0.15) is 0 Å². The van der Waals surface area contributed by atoms with E-state index in [-0.39, 0.29) is 5.91 Å². The summed E-state index contributed by atoms with van der Waals surface area (Å²) < 4.78 is 5.37. The Hall–Kier alpha value is -3.34. The maximum Gasteiger partial charge on any atom is 0.255 e. The molecule has 1 aliphatic heterocycles. The maximum absolute atomic E-state index is 12.9. The molecule has 1 aliphatic rings. The number of carbonyl (C=O) groups excluding carboxylic acids is 1. The number of amides is 1. The van der Waals surface area contributed by atoms with Crippen molar-refractivity contribution in [1.82, 2.24) is 4.98 Å². The quantitative estimate of drug-likeness (QED) is 0.540. The van der Waals surface area contributed by atoms with E-state index in [1.54, 1.807) is 13.3 Å². The van der Waals surface area contributed by atoms with Gasteiger partial charge in [0, 0.05) is 18.7 Å². The molecule has 5 nitrogen and oxygen atoms in total. The third-order valence-corrected chi connectivity index (χ3v) is 6.14. The van der Waals surface area contributed by atoms with Crippen molar-refractivity contribution < 1.29 is 9.53 Å². The summed E-state index contributed by atoms with van der Waals surface area (Å²) in [6.07, 6.45) is 6.76. The molecule has 4 rings (SSSR count). The molecular weight excluding hydrogens is 398 g/mol. The molecule has 0 spiro atoms. The summed E-state index contributed by atoms with van der Waals surface area (Å²) in [4.78, 5) is 19.9. The fourth-order valence-corrected chi connectivity index (χ4v) is 4.27. The summed E-state index contributed by atoms with van der Waals surface area (Å²) in [5, 5.41) is 2.99. The number of pyridine rings is 1. The first-order valence-electron chi connectivity index (χ1n) is 11.3. The van der Waals surface area contributed by atoms with E-state index < -0.39 is 0 Å². The van der Waals surface area contributed by atoms with Gasteiger partial charge >= 0.3 is 0 Å². The van der Waals surface area contributed by atoms with E-state index in [0.717, 1.165) is 46.9 Å². The van der Waals surface area contributed by atoms with Gasteiger partial charge in [-0.25, -0.2) is 4.98 Å². The zero-order valence-corrected chi connectivity index (χ0v) is 19.1. The Kier molecular flexibility index (Phi) is 6.74. The number of anilines is 2. The number of nitrogens with one attached hydrogen (secondary N) is 1. The molecule has 5 heteroatoms. The second kappa shape index (κ2) is 9.86. The molecule has 0 unspecified atom stereocenters. The van der Waals surface area contributed by atoms with Crippen molar-refractivity contribution in [3.05, 3.63) is 71.4 Å². The second-order valence-electron chi connectivity index (χ2n) is 8.47. The van der Waals surface area contributed by atoms with Gasteiger partial charge in [-0.3, -0.25) is 4.79 Å². The van der Waals surface area contributed by atoms with Gasteiger partial charge in [-0.1, -0.05) is 25.0 Å². The molecule has 32 heavy (non-hydrogen) atoms. The zero-order chi connectivity index (χ0) is 22.5. The van der Waals surface area contributed by atoms with Crippen LogP contribution in [0.4, 0.5) is 11.5 Å². The van der Waals surface area contributed by atoms with Crippen molar-refractivity contribution in [2.75, 3.05) is 30.4 Å². The molecule has 1 fully saturated rings. The van der Waals surface area contributed by atoms with Gasteiger partial charge in [-0.15, -0.1) is 0 Å². The number of carbonyl (C=O) groups is 1. The number of hydrogen-bond acceptors (Lipinski definition) is 4. The smallest absolute Gasteiger partial charge is 0.255 e. The van der Waals surface area contributed by atoms with E-state index in [4.69, 9.17) is 4.74 Å². The van der Waals surface area contributed by atoms with Crippen LogP contribution < -0.4 is 15.0 Å². The molecular formula is C27H31N3O2. The fraction of sp³-hybridized carbons (Fsp3) is 0.333. The first-order chi connectivity index (χ1) is 15.5. The molecule has 0 saturated carbocycles. The van der Waals surface area contributed by atoms with Crippen LogP contribution in [0.3, 0.4) is 0 Å². The minimum Gasteiger partial charge on any atom is -0.496 e. The average Bonchev–Trinajstić information content (AvgIpc) is 3.09. The van der Waals surface area contributed by atoms with Crippen LogP contribution in [-0.2, 0) is 0 Å². The maximum atomic E-state index is 12.9. The molecule has 2 heterocycles. The molecule has 0 aliphatic carbocycles. The molecule has 0 atom stereocenters. The average molecular weight is 430 g/mol. The summed E-state index contributed by atoms with van der Waals surface area (Å²) in [7, 11) is 1.67. The van der Waals surface area contributed by atoms with Gasteiger partial charge in [0.2, 0.25) is 0 Å². The Morgan fingerprint density at radius 3 is 2.38 bits per heavy atom. The number of methoxy groups -OCH3 is 1. The van der Waals surface area contributed by atoms with Gasteiger partial charge < -0.3 is 15.0 Å². The van der Waals surface area contributed by atoms with E-state index in [1.807, 2.05) is 49.4 Å². The van der Waals surface area contributed by atoms with Crippen molar-refractivity contribution in [2.45, 2.75) is 39.5 Å². The Morgan fingerprint density at radius 1 is 0.938 bits per heavy atom. The molecule has 1 saturated heterocycles. The third kappa shape index (κ3) is 4.93. The molecule has 166 valence electrons. The number of rotatable bonds is 5. The number of benzene rings is 2. The summed E-state index contributed by atoms with van der Waals surface area (Å²) in [6, 6.07) is 15.8. The molecule has 0 bridgehead atoms. The monoisotopic (exact) mass is 429 g/mol. The summed E-state index contributed by atoms with van der Waals surface area (Å²) in [5.74, 6) is 1.70. The van der Waals surface area contributed by atoms with E-state index in [2.05, 4.69) is 28.2 Å². The SMILES string of the molecule is COc1ccc(-c2cc(C(=O)Nc3ccc(N4CCCCCC4)nc3)ccc2C)cc1C. The van der Waals surface area contributed by atoms with E-state index >= 15 is 0 Å². The predicted molar refractivity (Wildman–Crippen MR) is 131 cm³/mol. The second-order valence-corrected chi connectivity index (χ2v) is 8.47. The van der Waals surface area contributed by atoms with Crippen LogP contribution in [0.1, 0.15) is 47.2 Å². The Bertz CT molecular complexity index is 1080. The van der Waals surface area contributed by atoms with Crippen LogP contribution in [0, 0.1) is 13.8 Å². The lowest BCUT2D eigenvalue weighted by Crippen LogP contribution is -2.24. The standard InChI is InChI=1S/C27H31N3O2/c1-19-8-9-22(17-24(19)21-10-12-25(32-3)20(2)16-21)27(31)29-23-11-13-26(28-18-23)30-14-6-4-5-7-15-30/h8-13,16-18H,4-7,14-15H2,1-3H3,(H,29,31). The lowest BCUT2D eigenvalue weighted by atomic mass is 9.96. The first kappa shape index (κ1) is 21.9. The third-order valence-electron chi connectivity index (χ3n) is 6.14. The van der Waals surface area contributed by atoms with Gasteiger partial charge in [0.05, 0.1) is 19.0 Å². The molecule has 1 amide bonds. The molecule has 1 N–H and O–H groups in total. The molecule has 2 aromatic carbocycles. The van der Waals surface area contributed by atoms with Crippen LogP contribution in [-0.4, -0.2) is 31.1 Å². The normalized spacial score (nSPS) is 14.0. The topological polar surface area (TPSA) is 54.5 Å². The highest BCUT2D eigenvalue weighted by Crippen LogP contribution is 2.29. The van der Waals surface area contributed by atoms with Crippen LogP contribution >= 0.6 is 0 Å². The van der Waals surface area contributed by atoms with E-state index in [0.29, 0.717) is 11.3 Å². The fourth-order valence-electron chi connectivity index (χ4n) is 4.27. The number of hydrogen-bond donors (Lipinski definition) is 1. The number of ether oxygens (including phenoxy) is 1. The van der Waals surface area contributed by atoms with Crippen molar-refractivity contribution in [2.24, 2.45) is 0 Å². The lowest BCUT2D eigenvalue weighted by Gasteiger charge is -2.21. The van der Waals surface area contributed by atoms with Crippen LogP contribution in [0.5, 0.6) is 5.75 Å². The summed E-state index contributed by atoms with van der Waals surface area (Å²) >= 11 is 0. The lowest BCUT2D eigenvalue weighted by molar-refractivity contribution is 0.102. The van der Waals surface area contributed by atoms with Gasteiger partial charge in [-0.05, 0) is 85.3 Å². The largest absolute Gasteiger partial charge is 0.496 e. The molecule has 3 aromatic rings. The van der Waals surface area contributed by atoms with Gasteiger partial charge in [0.1, 0.15) is 11.6 Å². The van der Waals surface area contributed by atoms with Gasteiger partial charge in [0.15, 0.2) is 0 Å². The predicted octanol–water partition coefficient (Wildman–Crippen LogP) is 6.01. The minimum absolute atomic E-state index is 0.138. The zero-order valence-electron chi connectivity index (χ0n) is 19.1. The van der Waals surface area contributed by atoms with Crippen LogP contribution in [0.15, 0.2) is 54.7 Å². The van der Waals surface area contributed by atoms with Crippen LogP contribution in [0.2, 0.25) is 0 Å². The highest BCUT2D eigenvalue weighted by atomic mass is 16.5. The van der Waals surface area contributed by atoms with Crippen molar-refractivity contribution in [3.8, 4) is 16.9 Å². The highest BCUT2D eigenvalue weighted by molar-refractivity contribution is 6.05. The van der Waals surface area contributed by atoms with Crippen molar-refractivity contribution >= 4 is 17.4 Å². The summed E-state index contributed by atoms with van der Waals surface area (Å²) in [5.41, 5.74) is 5.62. The Balaban J connectivity index is 1.50. The number of aryl methyl sites for hydroxylation is 2. The first-order valence-corrected chi connectivity index (χ1v) is 11.3. The van der Waals surface area contributed by atoms with E-state index in [9.17, 15) is 4.79 Å².